The SMILES string of the molecule is Cc1ccc(-c2csc3ncnc(N4CCC[C@H](O)C4)c23)cc1. The van der Waals surface area contributed by atoms with Crippen LogP contribution >= 0.6 is 11.3 Å². The molecule has 2 aromatic heterocycles. The number of aryl methyl sites for hydroxylation is 1. The van der Waals surface area contributed by atoms with Gasteiger partial charge in [-0.1, -0.05) is 29.8 Å². The van der Waals surface area contributed by atoms with E-state index in [4.69, 9.17) is 0 Å². The second-order valence-corrected chi connectivity index (χ2v) is 6.99. The highest BCUT2D eigenvalue weighted by atomic mass is 32.1. The lowest BCUT2D eigenvalue weighted by Gasteiger charge is -2.31. The minimum absolute atomic E-state index is 0.268. The van der Waals surface area contributed by atoms with Crippen LogP contribution in [0.2, 0.25) is 0 Å². The van der Waals surface area contributed by atoms with Crippen LogP contribution in [-0.4, -0.2) is 34.3 Å². The van der Waals surface area contributed by atoms with Crippen molar-refractivity contribution in [1.29, 1.82) is 0 Å². The number of rotatable bonds is 2. The van der Waals surface area contributed by atoms with Crippen LogP contribution in [0.5, 0.6) is 0 Å². The van der Waals surface area contributed by atoms with E-state index >= 15 is 0 Å². The Hall–Kier alpha value is -1.98. The van der Waals surface area contributed by atoms with Crippen molar-refractivity contribution in [3.05, 3.63) is 41.5 Å². The van der Waals surface area contributed by atoms with Gasteiger partial charge in [-0.05, 0) is 25.3 Å². The molecule has 0 amide bonds. The van der Waals surface area contributed by atoms with E-state index in [2.05, 4.69) is 51.4 Å². The summed E-state index contributed by atoms with van der Waals surface area (Å²) in [6, 6.07) is 8.57. The number of piperidine rings is 1. The zero-order valence-corrected chi connectivity index (χ0v) is 13.9. The Balaban J connectivity index is 1.85. The fraction of sp³-hybridized carbons (Fsp3) is 0.333. The average molecular weight is 325 g/mol. The third-order valence-electron chi connectivity index (χ3n) is 4.41. The van der Waals surface area contributed by atoms with E-state index in [9.17, 15) is 5.11 Å². The van der Waals surface area contributed by atoms with Gasteiger partial charge in [0.1, 0.15) is 17.0 Å². The Bertz CT molecular complexity index is 828. The lowest BCUT2D eigenvalue weighted by Crippen LogP contribution is -2.38. The molecular formula is C18H19N3OS. The van der Waals surface area contributed by atoms with Crippen LogP contribution < -0.4 is 4.90 Å². The number of aliphatic hydroxyl groups excluding tert-OH is 1. The van der Waals surface area contributed by atoms with E-state index in [-0.39, 0.29) is 6.10 Å². The molecule has 4 rings (SSSR count). The van der Waals surface area contributed by atoms with Gasteiger partial charge in [0.25, 0.3) is 0 Å². The predicted octanol–water partition coefficient (Wildman–Crippen LogP) is 3.63. The van der Waals surface area contributed by atoms with Gasteiger partial charge in [0.2, 0.25) is 0 Å². The number of benzene rings is 1. The van der Waals surface area contributed by atoms with Gasteiger partial charge in [-0.15, -0.1) is 11.3 Å². The van der Waals surface area contributed by atoms with Crippen LogP contribution in [0.4, 0.5) is 5.82 Å². The van der Waals surface area contributed by atoms with Crippen molar-refractivity contribution in [3.8, 4) is 11.1 Å². The largest absolute Gasteiger partial charge is 0.391 e. The summed E-state index contributed by atoms with van der Waals surface area (Å²) < 4.78 is 0. The molecule has 1 saturated heterocycles. The summed E-state index contributed by atoms with van der Waals surface area (Å²) in [6.07, 6.45) is 3.24. The number of β-amino-alcohol motifs (C(OH)–C–C–N with tert-alkyl or cyclic N) is 1. The van der Waals surface area contributed by atoms with Crippen molar-refractivity contribution < 1.29 is 5.11 Å². The molecule has 1 aromatic carbocycles. The maximum Gasteiger partial charge on any atom is 0.141 e. The molecule has 23 heavy (non-hydrogen) atoms. The third-order valence-corrected chi connectivity index (χ3v) is 5.30. The Morgan fingerprint density at radius 1 is 1.22 bits per heavy atom. The molecule has 0 bridgehead atoms. The Morgan fingerprint density at radius 3 is 2.83 bits per heavy atom. The Labute approximate surface area is 139 Å². The smallest absolute Gasteiger partial charge is 0.141 e. The average Bonchev–Trinajstić information content (AvgIpc) is 3.00. The van der Waals surface area contributed by atoms with E-state index in [0.717, 1.165) is 35.4 Å². The van der Waals surface area contributed by atoms with E-state index in [1.54, 1.807) is 17.7 Å². The first-order valence-electron chi connectivity index (χ1n) is 7.94. The molecule has 0 radical (unpaired) electrons. The highest BCUT2D eigenvalue weighted by Gasteiger charge is 2.23. The minimum atomic E-state index is -0.268. The highest BCUT2D eigenvalue weighted by Crippen LogP contribution is 2.38. The van der Waals surface area contributed by atoms with Crippen molar-refractivity contribution >= 4 is 27.4 Å². The normalized spacial score (nSPS) is 18.5. The molecule has 3 heterocycles. The monoisotopic (exact) mass is 325 g/mol. The number of fused-ring (bicyclic) bond motifs is 1. The lowest BCUT2D eigenvalue weighted by atomic mass is 10.0. The number of hydrogen-bond acceptors (Lipinski definition) is 5. The summed E-state index contributed by atoms with van der Waals surface area (Å²) in [5.41, 5.74) is 3.63. The highest BCUT2D eigenvalue weighted by molar-refractivity contribution is 7.17. The molecule has 1 fully saturated rings. The summed E-state index contributed by atoms with van der Waals surface area (Å²) in [5.74, 6) is 0.950. The first-order chi connectivity index (χ1) is 11.2. The molecule has 1 aliphatic heterocycles. The fourth-order valence-electron chi connectivity index (χ4n) is 3.19. The van der Waals surface area contributed by atoms with Gasteiger partial charge in [-0.2, -0.15) is 0 Å². The molecule has 3 aromatic rings. The second-order valence-electron chi connectivity index (χ2n) is 6.13. The molecule has 1 aliphatic rings. The third kappa shape index (κ3) is 2.71. The maximum absolute atomic E-state index is 10.00. The van der Waals surface area contributed by atoms with Gasteiger partial charge < -0.3 is 10.0 Å². The first-order valence-corrected chi connectivity index (χ1v) is 8.82. The summed E-state index contributed by atoms with van der Waals surface area (Å²) in [7, 11) is 0. The number of aliphatic hydroxyl groups is 1. The molecule has 0 spiro atoms. The van der Waals surface area contributed by atoms with Gasteiger partial charge >= 0.3 is 0 Å². The zero-order chi connectivity index (χ0) is 15.8. The van der Waals surface area contributed by atoms with E-state index in [0.29, 0.717) is 6.54 Å². The maximum atomic E-state index is 10.00. The Kier molecular flexibility index (Phi) is 3.75. The minimum Gasteiger partial charge on any atom is -0.391 e. The van der Waals surface area contributed by atoms with Crippen molar-refractivity contribution in [2.75, 3.05) is 18.0 Å². The van der Waals surface area contributed by atoms with Crippen LogP contribution in [0.1, 0.15) is 18.4 Å². The number of hydrogen-bond donors (Lipinski definition) is 1. The van der Waals surface area contributed by atoms with Crippen molar-refractivity contribution in [1.82, 2.24) is 9.97 Å². The Morgan fingerprint density at radius 2 is 2.04 bits per heavy atom. The topological polar surface area (TPSA) is 49.2 Å². The molecule has 0 aliphatic carbocycles. The summed E-state index contributed by atoms with van der Waals surface area (Å²) in [4.78, 5) is 12.2. The molecule has 0 saturated carbocycles. The molecule has 0 unspecified atom stereocenters. The summed E-state index contributed by atoms with van der Waals surface area (Å²) >= 11 is 1.65. The predicted molar refractivity (Wildman–Crippen MR) is 95.0 cm³/mol. The molecule has 4 nitrogen and oxygen atoms in total. The van der Waals surface area contributed by atoms with Gasteiger partial charge in [0.15, 0.2) is 0 Å². The van der Waals surface area contributed by atoms with E-state index in [1.807, 2.05) is 0 Å². The van der Waals surface area contributed by atoms with Gasteiger partial charge in [0.05, 0.1) is 11.5 Å². The standard InChI is InChI=1S/C18H19N3OS/c1-12-4-6-13(7-5-12)15-10-23-18-16(15)17(19-11-20-18)21-8-2-3-14(22)9-21/h4-7,10-11,14,22H,2-3,8-9H2,1H3/t14-/m0/s1. The fourth-order valence-corrected chi connectivity index (χ4v) is 4.10. The zero-order valence-electron chi connectivity index (χ0n) is 13.1. The van der Waals surface area contributed by atoms with E-state index < -0.39 is 0 Å². The van der Waals surface area contributed by atoms with Crippen LogP contribution in [0.25, 0.3) is 21.3 Å². The molecule has 118 valence electrons. The molecule has 5 heteroatoms. The number of anilines is 1. The number of thiophene rings is 1. The summed E-state index contributed by atoms with van der Waals surface area (Å²) in [6.45, 7) is 3.68. The van der Waals surface area contributed by atoms with Gasteiger partial charge in [0, 0.05) is 24.0 Å². The molecule has 1 N–H and O–H groups in total. The summed E-state index contributed by atoms with van der Waals surface area (Å²) in [5, 5.41) is 13.3. The van der Waals surface area contributed by atoms with Crippen molar-refractivity contribution in [3.63, 3.8) is 0 Å². The lowest BCUT2D eigenvalue weighted by molar-refractivity contribution is 0.154. The van der Waals surface area contributed by atoms with Gasteiger partial charge in [-0.25, -0.2) is 9.97 Å². The first kappa shape index (κ1) is 14.6. The van der Waals surface area contributed by atoms with E-state index in [1.165, 1.54) is 16.7 Å². The van der Waals surface area contributed by atoms with Crippen molar-refractivity contribution in [2.45, 2.75) is 25.9 Å². The number of nitrogens with zero attached hydrogens (tertiary/aromatic N) is 3. The quantitative estimate of drug-likeness (QED) is 0.782. The number of aromatic nitrogens is 2. The molecular weight excluding hydrogens is 306 g/mol. The van der Waals surface area contributed by atoms with Crippen LogP contribution in [0, 0.1) is 6.92 Å². The second kappa shape index (κ2) is 5.91. The van der Waals surface area contributed by atoms with Crippen molar-refractivity contribution in [2.24, 2.45) is 0 Å². The van der Waals surface area contributed by atoms with Crippen LogP contribution in [0.15, 0.2) is 36.0 Å². The molecule has 1 atom stereocenters. The van der Waals surface area contributed by atoms with Gasteiger partial charge in [-0.3, -0.25) is 0 Å². The van der Waals surface area contributed by atoms with Crippen LogP contribution in [-0.2, 0) is 0 Å². The van der Waals surface area contributed by atoms with Crippen LogP contribution in [0.3, 0.4) is 0 Å².